The Balaban J connectivity index is 1.98. The van der Waals surface area contributed by atoms with E-state index in [1.54, 1.807) is 5.48 Å². The van der Waals surface area contributed by atoms with Crippen molar-refractivity contribution in [2.75, 3.05) is 0 Å². The monoisotopic (exact) mass is 169 g/mol. The lowest BCUT2D eigenvalue weighted by molar-refractivity contribution is -0.135. The summed E-state index contributed by atoms with van der Waals surface area (Å²) < 4.78 is 0. The Morgan fingerprint density at radius 1 is 1.17 bits per heavy atom. The van der Waals surface area contributed by atoms with Crippen molar-refractivity contribution in [2.45, 2.75) is 32.1 Å². The molecule has 0 radical (unpaired) electrons. The normalized spacial score (nSPS) is 39.6. The van der Waals surface area contributed by atoms with Crippen molar-refractivity contribution >= 4 is 5.91 Å². The van der Waals surface area contributed by atoms with Crippen LogP contribution >= 0.6 is 0 Å². The number of amides is 1. The molecule has 0 aromatic heterocycles. The number of rotatable bonds is 1. The van der Waals surface area contributed by atoms with E-state index in [9.17, 15) is 4.79 Å². The van der Waals surface area contributed by atoms with Crippen LogP contribution in [0.5, 0.6) is 0 Å². The summed E-state index contributed by atoms with van der Waals surface area (Å²) in [4.78, 5) is 11.1. The Labute approximate surface area is 72.1 Å². The smallest absolute Gasteiger partial charge is 0.246 e. The summed E-state index contributed by atoms with van der Waals surface area (Å²) in [6.07, 6.45) is 5.88. The van der Waals surface area contributed by atoms with E-state index in [0.29, 0.717) is 0 Å². The summed E-state index contributed by atoms with van der Waals surface area (Å²) in [5.41, 5.74) is 1.76. The molecule has 0 heterocycles. The first-order valence-corrected chi connectivity index (χ1v) is 4.73. The second-order valence-corrected chi connectivity index (χ2v) is 4.19. The number of carbonyl (C=O) groups excluding carboxylic acids is 1. The minimum atomic E-state index is -0.174. The molecule has 12 heavy (non-hydrogen) atoms. The largest absolute Gasteiger partial charge is 0.289 e. The first-order valence-electron chi connectivity index (χ1n) is 4.73. The summed E-state index contributed by atoms with van der Waals surface area (Å²) in [6.45, 7) is 0. The van der Waals surface area contributed by atoms with Crippen LogP contribution in [-0.2, 0) is 4.79 Å². The standard InChI is InChI=1S/C9H15NO2/c11-9(10-12)8-4-6-1-2-7(3-6)5-8/h6-8,12H,1-5H2,(H,10,11). The van der Waals surface area contributed by atoms with Gasteiger partial charge in [-0.3, -0.25) is 10.0 Å². The third-order valence-corrected chi connectivity index (χ3v) is 3.37. The Kier molecular flexibility index (Phi) is 2.05. The number of hydrogen-bond acceptors (Lipinski definition) is 2. The van der Waals surface area contributed by atoms with Crippen LogP contribution in [0.15, 0.2) is 0 Å². The van der Waals surface area contributed by atoms with Crippen LogP contribution in [0.3, 0.4) is 0 Å². The maximum absolute atomic E-state index is 11.1. The van der Waals surface area contributed by atoms with Gasteiger partial charge in [-0.2, -0.15) is 0 Å². The number of nitrogens with one attached hydrogen (secondary N) is 1. The molecule has 3 nitrogen and oxygen atoms in total. The van der Waals surface area contributed by atoms with Crippen LogP contribution < -0.4 is 5.48 Å². The highest BCUT2D eigenvalue weighted by molar-refractivity contribution is 5.77. The van der Waals surface area contributed by atoms with Gasteiger partial charge in [0.05, 0.1) is 0 Å². The molecule has 3 heteroatoms. The molecular weight excluding hydrogens is 154 g/mol. The van der Waals surface area contributed by atoms with Gasteiger partial charge in [0.25, 0.3) is 0 Å². The van der Waals surface area contributed by atoms with Gasteiger partial charge in [0.15, 0.2) is 0 Å². The fourth-order valence-corrected chi connectivity index (χ4v) is 2.81. The first kappa shape index (κ1) is 8.05. The molecule has 2 N–H and O–H groups in total. The summed E-state index contributed by atoms with van der Waals surface area (Å²) >= 11 is 0. The quantitative estimate of drug-likeness (QED) is 0.459. The second kappa shape index (κ2) is 3.05. The minimum Gasteiger partial charge on any atom is -0.289 e. The van der Waals surface area contributed by atoms with Crippen molar-refractivity contribution < 1.29 is 10.0 Å². The molecule has 2 bridgehead atoms. The summed E-state index contributed by atoms with van der Waals surface area (Å²) in [7, 11) is 0. The van der Waals surface area contributed by atoms with E-state index in [2.05, 4.69) is 0 Å². The van der Waals surface area contributed by atoms with E-state index >= 15 is 0 Å². The van der Waals surface area contributed by atoms with Crippen molar-refractivity contribution in [3.05, 3.63) is 0 Å². The van der Waals surface area contributed by atoms with Crippen molar-refractivity contribution in [3.8, 4) is 0 Å². The molecule has 0 aromatic rings. The zero-order valence-corrected chi connectivity index (χ0v) is 7.12. The molecule has 2 saturated carbocycles. The van der Waals surface area contributed by atoms with Crippen molar-refractivity contribution in [3.63, 3.8) is 0 Å². The second-order valence-electron chi connectivity index (χ2n) is 4.19. The Morgan fingerprint density at radius 2 is 1.75 bits per heavy atom. The molecule has 0 aliphatic heterocycles. The SMILES string of the molecule is O=C(NO)C1CC2CCC(C2)C1. The summed E-state index contributed by atoms with van der Waals surface area (Å²) in [5.74, 6) is 1.42. The Bertz CT molecular complexity index is 181. The summed E-state index contributed by atoms with van der Waals surface area (Å²) in [6, 6.07) is 0. The fourth-order valence-electron chi connectivity index (χ4n) is 2.81. The van der Waals surface area contributed by atoms with Crippen LogP contribution in [0.2, 0.25) is 0 Å². The van der Waals surface area contributed by atoms with Gasteiger partial charge in [0.1, 0.15) is 0 Å². The molecule has 0 saturated heterocycles. The molecule has 2 fully saturated rings. The molecule has 0 aromatic carbocycles. The predicted octanol–water partition coefficient (Wildman–Crippen LogP) is 1.32. The number of carbonyl (C=O) groups is 1. The maximum atomic E-state index is 11.1. The third-order valence-electron chi connectivity index (χ3n) is 3.37. The van der Waals surface area contributed by atoms with E-state index in [-0.39, 0.29) is 11.8 Å². The first-order chi connectivity index (χ1) is 5.79. The molecule has 2 atom stereocenters. The van der Waals surface area contributed by atoms with Crippen LogP contribution in [0.25, 0.3) is 0 Å². The third kappa shape index (κ3) is 1.33. The lowest BCUT2D eigenvalue weighted by atomic mass is 9.81. The topological polar surface area (TPSA) is 49.3 Å². The van der Waals surface area contributed by atoms with Crippen LogP contribution in [-0.4, -0.2) is 11.1 Å². The van der Waals surface area contributed by atoms with Gasteiger partial charge >= 0.3 is 0 Å². The fraction of sp³-hybridized carbons (Fsp3) is 0.889. The van der Waals surface area contributed by atoms with Crippen molar-refractivity contribution in [1.29, 1.82) is 0 Å². The van der Waals surface area contributed by atoms with E-state index in [4.69, 9.17) is 5.21 Å². The highest BCUT2D eigenvalue weighted by atomic mass is 16.5. The van der Waals surface area contributed by atoms with Crippen molar-refractivity contribution in [2.24, 2.45) is 17.8 Å². The van der Waals surface area contributed by atoms with Crippen LogP contribution in [0.1, 0.15) is 32.1 Å². The van der Waals surface area contributed by atoms with Gasteiger partial charge < -0.3 is 0 Å². The zero-order chi connectivity index (χ0) is 8.55. The number of fused-ring (bicyclic) bond motifs is 2. The highest BCUT2D eigenvalue weighted by Gasteiger charge is 2.36. The molecule has 68 valence electrons. The van der Waals surface area contributed by atoms with Gasteiger partial charge in [-0.25, -0.2) is 5.48 Å². The minimum absolute atomic E-state index is 0.0845. The van der Waals surface area contributed by atoms with Gasteiger partial charge in [0, 0.05) is 5.92 Å². The Morgan fingerprint density at radius 3 is 2.25 bits per heavy atom. The predicted molar refractivity (Wildman–Crippen MR) is 43.5 cm³/mol. The molecule has 2 rings (SSSR count). The molecule has 0 spiro atoms. The average molecular weight is 169 g/mol. The van der Waals surface area contributed by atoms with E-state index < -0.39 is 0 Å². The van der Waals surface area contributed by atoms with E-state index in [1.165, 1.54) is 19.3 Å². The van der Waals surface area contributed by atoms with Gasteiger partial charge in [0.2, 0.25) is 5.91 Å². The highest BCUT2D eigenvalue weighted by Crippen LogP contribution is 2.44. The van der Waals surface area contributed by atoms with Crippen molar-refractivity contribution in [1.82, 2.24) is 5.48 Å². The Hall–Kier alpha value is -0.570. The lowest BCUT2D eigenvalue weighted by Gasteiger charge is -2.25. The van der Waals surface area contributed by atoms with Crippen LogP contribution in [0, 0.1) is 17.8 Å². The number of hydrogen-bond donors (Lipinski definition) is 2. The summed E-state index contributed by atoms with van der Waals surface area (Å²) in [5, 5.41) is 8.48. The van der Waals surface area contributed by atoms with Gasteiger partial charge in [-0.15, -0.1) is 0 Å². The van der Waals surface area contributed by atoms with E-state index in [1.807, 2.05) is 0 Å². The lowest BCUT2D eigenvalue weighted by Crippen LogP contribution is -2.32. The average Bonchev–Trinajstić information content (AvgIpc) is 2.44. The van der Waals surface area contributed by atoms with Gasteiger partial charge in [-0.1, -0.05) is 12.8 Å². The van der Waals surface area contributed by atoms with E-state index in [0.717, 1.165) is 24.7 Å². The molecule has 2 aliphatic carbocycles. The zero-order valence-electron chi connectivity index (χ0n) is 7.12. The molecule has 2 unspecified atom stereocenters. The van der Waals surface area contributed by atoms with Gasteiger partial charge in [-0.05, 0) is 31.1 Å². The van der Waals surface area contributed by atoms with Crippen LogP contribution in [0.4, 0.5) is 0 Å². The number of hydroxylamine groups is 1. The molecule has 2 aliphatic rings. The molecule has 1 amide bonds. The maximum Gasteiger partial charge on any atom is 0.246 e. The molecular formula is C9H15NO2.